The summed E-state index contributed by atoms with van der Waals surface area (Å²) in [5.41, 5.74) is 0.0871. The van der Waals surface area contributed by atoms with Gasteiger partial charge in [-0.3, -0.25) is 0 Å². The zero-order valence-corrected chi connectivity index (χ0v) is 9.51. The van der Waals surface area contributed by atoms with Crippen LogP contribution in [0.25, 0.3) is 0 Å². The predicted octanol–water partition coefficient (Wildman–Crippen LogP) is 1.56. The van der Waals surface area contributed by atoms with Crippen molar-refractivity contribution < 1.29 is 19.4 Å². The molecule has 0 saturated carbocycles. The molecule has 88 valence electrons. The maximum absolute atomic E-state index is 11.6. The number of carbonyl (C=O) groups excluding carboxylic acids is 1. The van der Waals surface area contributed by atoms with Crippen molar-refractivity contribution in [3.63, 3.8) is 0 Å². The molecule has 0 saturated heterocycles. The first-order valence-electron chi connectivity index (χ1n) is 4.97. The first-order chi connectivity index (χ1) is 7.49. The third-order valence-corrected chi connectivity index (χ3v) is 2.37. The van der Waals surface area contributed by atoms with Gasteiger partial charge in [-0.1, -0.05) is 13.8 Å². The molecular formula is C11H15NO4. The lowest BCUT2D eigenvalue weighted by molar-refractivity contribution is -0.146. The Morgan fingerprint density at radius 3 is 2.50 bits per heavy atom. The number of ether oxygens (including phenoxy) is 1. The first-order valence-corrected chi connectivity index (χ1v) is 4.97. The minimum atomic E-state index is -1.06. The van der Waals surface area contributed by atoms with Crippen LogP contribution in [-0.4, -0.2) is 28.7 Å². The summed E-state index contributed by atoms with van der Waals surface area (Å²) in [5, 5.41) is 8.97. The van der Waals surface area contributed by atoms with Gasteiger partial charge in [-0.05, 0) is 18.1 Å². The van der Waals surface area contributed by atoms with Gasteiger partial charge < -0.3 is 14.4 Å². The van der Waals surface area contributed by atoms with E-state index in [0.717, 1.165) is 0 Å². The predicted molar refractivity (Wildman–Crippen MR) is 57.3 cm³/mol. The van der Waals surface area contributed by atoms with Crippen LogP contribution in [0.15, 0.2) is 18.3 Å². The summed E-state index contributed by atoms with van der Waals surface area (Å²) in [4.78, 5) is 22.5. The van der Waals surface area contributed by atoms with Crippen molar-refractivity contribution in [2.75, 3.05) is 7.11 Å². The van der Waals surface area contributed by atoms with E-state index >= 15 is 0 Å². The summed E-state index contributed by atoms with van der Waals surface area (Å²) in [5.74, 6) is -1.54. The number of hydrogen-bond donors (Lipinski definition) is 1. The topological polar surface area (TPSA) is 68.5 Å². The van der Waals surface area contributed by atoms with Crippen LogP contribution in [0.1, 0.15) is 30.4 Å². The molecule has 1 aromatic heterocycles. The SMILES string of the molecule is COC(=O)C(C(C)C)n1cccc1C(=O)O. The average Bonchev–Trinajstić information content (AvgIpc) is 2.66. The highest BCUT2D eigenvalue weighted by molar-refractivity contribution is 5.87. The second-order valence-corrected chi connectivity index (χ2v) is 3.82. The van der Waals surface area contributed by atoms with E-state index in [0.29, 0.717) is 0 Å². The number of methoxy groups -OCH3 is 1. The Morgan fingerprint density at radius 2 is 2.06 bits per heavy atom. The van der Waals surface area contributed by atoms with Gasteiger partial charge >= 0.3 is 11.9 Å². The Balaban J connectivity index is 3.16. The fourth-order valence-corrected chi connectivity index (χ4v) is 1.65. The molecule has 0 aliphatic rings. The highest BCUT2D eigenvalue weighted by atomic mass is 16.5. The third-order valence-electron chi connectivity index (χ3n) is 2.37. The van der Waals surface area contributed by atoms with Crippen molar-refractivity contribution in [3.8, 4) is 0 Å². The maximum Gasteiger partial charge on any atom is 0.352 e. The second kappa shape index (κ2) is 4.83. The molecule has 1 unspecified atom stereocenters. The van der Waals surface area contributed by atoms with Gasteiger partial charge in [-0.2, -0.15) is 0 Å². The van der Waals surface area contributed by atoms with Gasteiger partial charge in [-0.15, -0.1) is 0 Å². The smallest absolute Gasteiger partial charge is 0.352 e. The molecule has 0 fully saturated rings. The molecule has 5 heteroatoms. The van der Waals surface area contributed by atoms with Gasteiger partial charge in [0.1, 0.15) is 11.7 Å². The lowest BCUT2D eigenvalue weighted by atomic mass is 10.0. The molecule has 1 aromatic rings. The largest absolute Gasteiger partial charge is 0.477 e. The number of carboxylic acids is 1. The summed E-state index contributed by atoms with van der Waals surface area (Å²) in [6.07, 6.45) is 1.57. The minimum absolute atomic E-state index is 0.0436. The number of carbonyl (C=O) groups is 2. The number of carboxylic acid groups (broad SMARTS) is 1. The van der Waals surface area contributed by atoms with E-state index in [1.165, 1.54) is 17.7 Å². The van der Waals surface area contributed by atoms with Crippen LogP contribution in [-0.2, 0) is 9.53 Å². The van der Waals surface area contributed by atoms with Crippen LogP contribution >= 0.6 is 0 Å². The second-order valence-electron chi connectivity index (χ2n) is 3.82. The number of rotatable bonds is 4. The summed E-state index contributed by atoms with van der Waals surface area (Å²) in [7, 11) is 1.29. The fraction of sp³-hybridized carbons (Fsp3) is 0.455. The number of esters is 1. The first kappa shape index (κ1) is 12.3. The van der Waals surface area contributed by atoms with Crippen molar-refractivity contribution in [1.29, 1.82) is 0 Å². The maximum atomic E-state index is 11.6. The molecule has 0 aliphatic heterocycles. The zero-order valence-electron chi connectivity index (χ0n) is 9.51. The number of nitrogens with zero attached hydrogens (tertiary/aromatic N) is 1. The number of aromatic carboxylic acids is 1. The molecule has 1 heterocycles. The Hall–Kier alpha value is -1.78. The fourth-order valence-electron chi connectivity index (χ4n) is 1.65. The Kier molecular flexibility index (Phi) is 3.71. The van der Waals surface area contributed by atoms with Crippen molar-refractivity contribution in [2.24, 2.45) is 5.92 Å². The molecule has 0 radical (unpaired) electrons. The highest BCUT2D eigenvalue weighted by Crippen LogP contribution is 2.22. The van der Waals surface area contributed by atoms with E-state index in [1.807, 2.05) is 13.8 Å². The molecule has 1 rings (SSSR count). The van der Waals surface area contributed by atoms with Crippen LogP contribution in [0.2, 0.25) is 0 Å². The normalized spacial score (nSPS) is 12.5. The Bertz CT molecular complexity index is 394. The van der Waals surface area contributed by atoms with Crippen molar-refractivity contribution in [2.45, 2.75) is 19.9 Å². The molecule has 0 aromatic carbocycles. The summed E-state index contributed by atoms with van der Waals surface area (Å²) < 4.78 is 6.11. The molecule has 0 amide bonds. The average molecular weight is 225 g/mol. The van der Waals surface area contributed by atoms with E-state index in [9.17, 15) is 9.59 Å². The molecule has 0 bridgehead atoms. The standard InChI is InChI=1S/C11H15NO4/c1-7(2)9(11(15)16-3)12-6-4-5-8(12)10(13)14/h4-7,9H,1-3H3,(H,13,14). The quantitative estimate of drug-likeness (QED) is 0.789. The third kappa shape index (κ3) is 2.24. The molecule has 1 atom stereocenters. The minimum Gasteiger partial charge on any atom is -0.477 e. The molecule has 16 heavy (non-hydrogen) atoms. The van der Waals surface area contributed by atoms with Crippen LogP contribution in [0.4, 0.5) is 0 Å². The van der Waals surface area contributed by atoms with Crippen molar-refractivity contribution in [3.05, 3.63) is 24.0 Å². The molecule has 0 aliphatic carbocycles. The van der Waals surface area contributed by atoms with E-state index in [1.54, 1.807) is 12.3 Å². The molecule has 5 nitrogen and oxygen atoms in total. The summed E-state index contributed by atoms with van der Waals surface area (Å²) >= 11 is 0. The zero-order chi connectivity index (χ0) is 12.3. The Labute approximate surface area is 93.6 Å². The molecular weight excluding hydrogens is 210 g/mol. The Morgan fingerprint density at radius 1 is 1.44 bits per heavy atom. The number of hydrogen-bond acceptors (Lipinski definition) is 3. The van der Waals surface area contributed by atoms with E-state index in [2.05, 4.69) is 4.74 Å². The van der Waals surface area contributed by atoms with Crippen molar-refractivity contribution >= 4 is 11.9 Å². The van der Waals surface area contributed by atoms with Crippen LogP contribution in [0.3, 0.4) is 0 Å². The van der Waals surface area contributed by atoms with Crippen LogP contribution < -0.4 is 0 Å². The van der Waals surface area contributed by atoms with Gasteiger partial charge in [0.15, 0.2) is 0 Å². The van der Waals surface area contributed by atoms with Gasteiger partial charge in [0.05, 0.1) is 7.11 Å². The monoisotopic (exact) mass is 225 g/mol. The van der Waals surface area contributed by atoms with Crippen molar-refractivity contribution in [1.82, 2.24) is 4.57 Å². The molecule has 0 spiro atoms. The molecule has 1 N–H and O–H groups in total. The van der Waals surface area contributed by atoms with Crippen LogP contribution in [0.5, 0.6) is 0 Å². The van der Waals surface area contributed by atoms with Gasteiger partial charge in [0, 0.05) is 6.20 Å². The van der Waals surface area contributed by atoms with Gasteiger partial charge in [0.2, 0.25) is 0 Å². The number of aromatic nitrogens is 1. The van der Waals surface area contributed by atoms with Gasteiger partial charge in [0.25, 0.3) is 0 Å². The lowest BCUT2D eigenvalue weighted by Gasteiger charge is -2.21. The van der Waals surface area contributed by atoms with E-state index in [4.69, 9.17) is 5.11 Å². The van der Waals surface area contributed by atoms with Gasteiger partial charge in [-0.25, -0.2) is 9.59 Å². The summed E-state index contributed by atoms with van der Waals surface area (Å²) in [6.45, 7) is 3.68. The van der Waals surface area contributed by atoms with Crippen LogP contribution in [0, 0.1) is 5.92 Å². The lowest BCUT2D eigenvalue weighted by Crippen LogP contribution is -2.27. The van der Waals surface area contributed by atoms with E-state index < -0.39 is 18.0 Å². The summed E-state index contributed by atoms with van der Waals surface area (Å²) in [6, 6.07) is 2.45. The highest BCUT2D eigenvalue weighted by Gasteiger charge is 2.27. The van der Waals surface area contributed by atoms with E-state index in [-0.39, 0.29) is 11.6 Å².